The van der Waals surface area contributed by atoms with Gasteiger partial charge in [-0.15, -0.1) is 24.5 Å². The summed E-state index contributed by atoms with van der Waals surface area (Å²) >= 11 is 1.56. The van der Waals surface area contributed by atoms with Gasteiger partial charge in [-0.2, -0.15) is 4.98 Å². The van der Waals surface area contributed by atoms with Crippen LogP contribution in [0.3, 0.4) is 0 Å². The number of hydrogen-bond donors (Lipinski definition) is 3. The summed E-state index contributed by atoms with van der Waals surface area (Å²) in [7, 11) is 0. The molecule has 1 aliphatic carbocycles. The van der Waals surface area contributed by atoms with E-state index in [2.05, 4.69) is 20.4 Å². The van der Waals surface area contributed by atoms with E-state index in [1.807, 2.05) is 19.9 Å². The minimum Gasteiger partial charge on any atom is -0.406 e. The predicted molar refractivity (Wildman–Crippen MR) is 145 cm³/mol. The fourth-order valence-corrected chi connectivity index (χ4v) is 6.02. The number of aromatic nitrogens is 4. The van der Waals surface area contributed by atoms with Crippen molar-refractivity contribution < 1.29 is 23.0 Å². The van der Waals surface area contributed by atoms with Crippen LogP contribution in [0.2, 0.25) is 0 Å². The molecule has 1 aromatic carbocycles. The van der Waals surface area contributed by atoms with Gasteiger partial charge >= 0.3 is 6.36 Å². The number of benzene rings is 1. The second kappa shape index (κ2) is 10.9. The monoisotopic (exact) mass is 558 g/mol. The van der Waals surface area contributed by atoms with Crippen molar-refractivity contribution in [2.75, 3.05) is 17.2 Å². The molecule has 1 aliphatic rings. The number of alkyl halides is 3. The van der Waals surface area contributed by atoms with E-state index in [4.69, 9.17) is 15.0 Å². The number of nitrogens with one attached hydrogen (secondary N) is 2. The largest absolute Gasteiger partial charge is 0.573 e. The number of fused-ring (bicyclic) bond motifs is 1. The molecule has 2 atom stereocenters. The predicted octanol–water partition coefficient (Wildman–Crippen LogP) is 6.16. The fourth-order valence-electron chi connectivity index (χ4n) is 4.90. The number of rotatable bonds is 8. The fraction of sp³-hybridized carbons (Fsp3) is 0.407. The van der Waals surface area contributed by atoms with Gasteiger partial charge in [-0.05, 0) is 75.3 Å². The van der Waals surface area contributed by atoms with Crippen molar-refractivity contribution in [3.63, 3.8) is 0 Å². The second-order valence-corrected chi connectivity index (χ2v) is 10.8. The Morgan fingerprint density at radius 2 is 1.90 bits per heavy atom. The number of aliphatic hydroxyl groups is 1. The second-order valence-electron chi connectivity index (χ2n) is 9.81. The third-order valence-corrected chi connectivity index (χ3v) is 7.96. The molecule has 0 spiro atoms. The number of anilines is 2. The van der Waals surface area contributed by atoms with Gasteiger partial charge in [0.15, 0.2) is 0 Å². The molecule has 0 saturated heterocycles. The lowest BCUT2D eigenvalue weighted by atomic mass is 10.1. The summed E-state index contributed by atoms with van der Waals surface area (Å²) in [4.78, 5) is 18.7. The van der Waals surface area contributed by atoms with Crippen LogP contribution in [0.25, 0.3) is 20.8 Å². The first-order valence-electron chi connectivity index (χ1n) is 12.7. The third-order valence-electron chi connectivity index (χ3n) is 6.92. The Balaban J connectivity index is 1.44. The van der Waals surface area contributed by atoms with Crippen LogP contribution < -0.4 is 15.4 Å². The Bertz CT molecular complexity index is 1490. The average Bonchev–Trinajstić information content (AvgIpc) is 3.50. The molecule has 3 heterocycles. The molecule has 2 unspecified atom stereocenters. The molecule has 3 aromatic heterocycles. The van der Waals surface area contributed by atoms with E-state index in [0.717, 1.165) is 57.0 Å². The molecular weight excluding hydrogens is 529 g/mol. The molecule has 5 rings (SSSR count). The lowest BCUT2D eigenvalue weighted by Crippen LogP contribution is -2.19. The number of hydrogen-bond acceptors (Lipinski definition) is 9. The molecular formula is C27H29F3N6O2S. The van der Waals surface area contributed by atoms with Crippen molar-refractivity contribution in [3.8, 4) is 16.3 Å². The Morgan fingerprint density at radius 3 is 2.59 bits per heavy atom. The summed E-state index contributed by atoms with van der Waals surface area (Å²) in [6.07, 6.45) is -0.261. The maximum atomic E-state index is 12.6. The summed E-state index contributed by atoms with van der Waals surface area (Å²) in [6.45, 7) is 6.04. The number of halogens is 3. The number of aryl methyl sites for hydroxylation is 3. The van der Waals surface area contributed by atoms with Gasteiger partial charge in [0, 0.05) is 25.4 Å². The molecule has 3 N–H and O–H groups in total. The van der Waals surface area contributed by atoms with Gasteiger partial charge in [-0.3, -0.25) is 4.98 Å². The van der Waals surface area contributed by atoms with Gasteiger partial charge in [0.1, 0.15) is 22.1 Å². The van der Waals surface area contributed by atoms with Crippen LogP contribution in [-0.2, 0) is 6.54 Å². The van der Waals surface area contributed by atoms with Gasteiger partial charge in [0.2, 0.25) is 5.95 Å². The van der Waals surface area contributed by atoms with Crippen molar-refractivity contribution >= 4 is 33.3 Å². The molecule has 39 heavy (non-hydrogen) atoms. The number of nitrogens with zero attached hydrogens (tertiary/aromatic N) is 4. The normalized spacial score (nSPS) is 17.5. The number of thiazole rings is 1. The van der Waals surface area contributed by atoms with Crippen molar-refractivity contribution in [2.45, 2.75) is 59.0 Å². The quantitative estimate of drug-likeness (QED) is 0.236. The van der Waals surface area contributed by atoms with Crippen molar-refractivity contribution in [1.82, 2.24) is 19.9 Å². The Labute approximate surface area is 227 Å². The lowest BCUT2D eigenvalue weighted by Gasteiger charge is -2.18. The average molecular weight is 559 g/mol. The van der Waals surface area contributed by atoms with Gasteiger partial charge in [-0.25, -0.2) is 9.97 Å². The Hall–Kier alpha value is -3.51. The smallest absolute Gasteiger partial charge is 0.406 e. The molecule has 0 aliphatic heterocycles. The summed E-state index contributed by atoms with van der Waals surface area (Å²) in [5.74, 6) is 1.05. The molecule has 12 heteroatoms. The first-order valence-corrected chi connectivity index (χ1v) is 13.5. The van der Waals surface area contributed by atoms with Gasteiger partial charge < -0.3 is 20.5 Å². The van der Waals surface area contributed by atoms with Gasteiger partial charge in [0.25, 0.3) is 0 Å². The third kappa shape index (κ3) is 6.22. The summed E-state index contributed by atoms with van der Waals surface area (Å²) in [5, 5.41) is 17.2. The molecule has 206 valence electrons. The van der Waals surface area contributed by atoms with Crippen LogP contribution in [-0.4, -0.2) is 44.1 Å². The SMILES string of the molecule is Cc1cc(OC(F)(F)F)ccc1CNc1nc(C)c(-c2nc3c(C)nccc3s2)c(NC2CCC(CO)C2)n1. The molecule has 0 bridgehead atoms. The standard InChI is InChI=1S/C27H29F3N6O2S/c1-14-10-20(38-27(28,29)30)7-5-18(14)12-32-26-33-15(2)22(24(36-26)34-19-6-4-17(11-19)13-37)25-35-23-16(3)31-9-8-21(23)39-25/h5,7-10,17,19,37H,4,6,11-13H2,1-3H3,(H2,32,33,34,36). The van der Waals surface area contributed by atoms with E-state index in [-0.39, 0.29) is 24.3 Å². The van der Waals surface area contributed by atoms with Crippen LogP contribution in [0, 0.1) is 26.7 Å². The van der Waals surface area contributed by atoms with Crippen LogP contribution >= 0.6 is 11.3 Å². The van der Waals surface area contributed by atoms with Crippen LogP contribution in [0.4, 0.5) is 24.9 Å². The van der Waals surface area contributed by atoms with E-state index in [9.17, 15) is 18.3 Å². The molecule has 1 saturated carbocycles. The zero-order valence-electron chi connectivity index (χ0n) is 21.8. The van der Waals surface area contributed by atoms with Gasteiger partial charge in [0.05, 0.1) is 21.7 Å². The first-order chi connectivity index (χ1) is 18.6. The Kier molecular flexibility index (Phi) is 7.59. The zero-order chi connectivity index (χ0) is 27.7. The highest BCUT2D eigenvalue weighted by Crippen LogP contribution is 2.38. The highest BCUT2D eigenvalue weighted by molar-refractivity contribution is 7.21. The van der Waals surface area contributed by atoms with E-state index < -0.39 is 6.36 Å². The first kappa shape index (κ1) is 27.1. The maximum Gasteiger partial charge on any atom is 0.573 e. The van der Waals surface area contributed by atoms with Gasteiger partial charge in [-0.1, -0.05) is 6.07 Å². The molecule has 1 fully saturated rings. The summed E-state index contributed by atoms with van der Waals surface area (Å²) in [6, 6.07) is 6.34. The molecule has 4 aromatic rings. The number of ether oxygens (including phenoxy) is 1. The van der Waals surface area contributed by atoms with Crippen LogP contribution in [0.5, 0.6) is 5.75 Å². The topological polar surface area (TPSA) is 105 Å². The summed E-state index contributed by atoms with van der Waals surface area (Å²) in [5.41, 5.74) is 4.69. The van der Waals surface area contributed by atoms with Crippen LogP contribution in [0.15, 0.2) is 30.5 Å². The van der Waals surface area contributed by atoms with E-state index in [1.54, 1.807) is 30.5 Å². The van der Waals surface area contributed by atoms with Crippen LogP contribution in [0.1, 0.15) is 41.8 Å². The maximum absolute atomic E-state index is 12.6. The molecule has 8 nitrogen and oxygen atoms in total. The number of pyridine rings is 1. The van der Waals surface area contributed by atoms with Crippen molar-refractivity contribution in [1.29, 1.82) is 0 Å². The zero-order valence-corrected chi connectivity index (χ0v) is 22.6. The van der Waals surface area contributed by atoms with Crippen molar-refractivity contribution in [3.05, 3.63) is 53.0 Å². The highest BCUT2D eigenvalue weighted by atomic mass is 32.1. The number of aliphatic hydroxyl groups excluding tert-OH is 1. The minimum absolute atomic E-state index is 0.157. The van der Waals surface area contributed by atoms with E-state index in [1.165, 1.54) is 12.1 Å². The lowest BCUT2D eigenvalue weighted by molar-refractivity contribution is -0.274. The highest BCUT2D eigenvalue weighted by Gasteiger charge is 2.31. The molecule has 0 amide bonds. The Morgan fingerprint density at radius 1 is 1.08 bits per heavy atom. The summed E-state index contributed by atoms with van der Waals surface area (Å²) < 4.78 is 42.7. The van der Waals surface area contributed by atoms with E-state index in [0.29, 0.717) is 23.9 Å². The molecule has 0 radical (unpaired) electrons. The van der Waals surface area contributed by atoms with E-state index >= 15 is 0 Å². The minimum atomic E-state index is -4.74. The van der Waals surface area contributed by atoms with Crippen molar-refractivity contribution in [2.24, 2.45) is 5.92 Å².